The minimum atomic E-state index is -0.375. The van der Waals surface area contributed by atoms with Crippen LogP contribution in [0, 0.1) is 5.41 Å². The molecule has 0 spiro atoms. The Morgan fingerprint density at radius 3 is 2.74 bits per heavy atom. The van der Waals surface area contributed by atoms with Gasteiger partial charge in [-0.15, -0.1) is 0 Å². The van der Waals surface area contributed by atoms with Crippen LogP contribution in [0.15, 0.2) is 59.8 Å². The monoisotopic (exact) mass is 473 g/mol. The third-order valence-corrected chi connectivity index (χ3v) is 6.19. The summed E-state index contributed by atoms with van der Waals surface area (Å²) < 4.78 is 8.43. The number of aromatic nitrogens is 4. The minimum absolute atomic E-state index is 0.00664. The molecule has 1 saturated heterocycles. The summed E-state index contributed by atoms with van der Waals surface area (Å²) in [4.78, 5) is 37.4. The van der Waals surface area contributed by atoms with E-state index in [1.165, 1.54) is 10.5 Å². The zero-order chi connectivity index (χ0) is 24.2. The molecule has 0 aromatic carbocycles. The Morgan fingerprint density at radius 1 is 1.14 bits per heavy atom. The van der Waals surface area contributed by atoms with E-state index < -0.39 is 0 Å². The van der Waals surface area contributed by atoms with E-state index in [2.05, 4.69) is 20.2 Å². The lowest BCUT2D eigenvalue weighted by Gasteiger charge is -2.26. The summed E-state index contributed by atoms with van der Waals surface area (Å²) in [5, 5.41) is 12.1. The van der Waals surface area contributed by atoms with Gasteiger partial charge in [-0.1, -0.05) is 6.07 Å². The lowest BCUT2D eigenvalue weighted by atomic mass is 10.1. The number of pyridine rings is 3. The molecule has 0 bridgehead atoms. The van der Waals surface area contributed by atoms with Gasteiger partial charge in [0.1, 0.15) is 16.8 Å². The number of hydrogen-bond donors (Lipinski definition) is 2. The average Bonchev–Trinajstić information content (AvgIpc) is 2.89. The van der Waals surface area contributed by atoms with Crippen LogP contribution in [-0.2, 0) is 11.3 Å². The maximum absolute atomic E-state index is 13.3. The fourth-order valence-electron chi connectivity index (χ4n) is 4.31. The average molecular weight is 474 g/mol. The van der Waals surface area contributed by atoms with Gasteiger partial charge in [-0.2, -0.15) is 0 Å². The Labute approximate surface area is 201 Å². The van der Waals surface area contributed by atoms with Gasteiger partial charge in [0.25, 0.3) is 11.5 Å². The Bertz CT molecular complexity index is 1470. The number of morpholine rings is 1. The maximum Gasteiger partial charge on any atom is 0.267 e. The van der Waals surface area contributed by atoms with Crippen molar-refractivity contribution >= 4 is 22.6 Å². The smallest absolute Gasteiger partial charge is 0.267 e. The second-order valence-corrected chi connectivity index (χ2v) is 8.49. The topological polar surface area (TPSA) is 118 Å². The van der Waals surface area contributed by atoms with Gasteiger partial charge in [0, 0.05) is 38.2 Å². The van der Waals surface area contributed by atoms with Gasteiger partial charge in [0.15, 0.2) is 0 Å². The number of nitrogens with one attached hydrogen (secondary N) is 2. The summed E-state index contributed by atoms with van der Waals surface area (Å²) in [5.74, 6) is -0.375. The van der Waals surface area contributed by atoms with Crippen LogP contribution in [0.2, 0.25) is 0 Å². The highest BCUT2D eigenvalue weighted by Crippen LogP contribution is 2.12. The summed E-state index contributed by atoms with van der Waals surface area (Å²) >= 11 is 0. The Kier molecular flexibility index (Phi) is 6.64. The van der Waals surface area contributed by atoms with E-state index in [1.54, 1.807) is 41.4 Å². The molecular weight excluding hydrogens is 446 g/mol. The van der Waals surface area contributed by atoms with Crippen LogP contribution in [0.1, 0.15) is 22.3 Å². The Balaban J connectivity index is 1.49. The summed E-state index contributed by atoms with van der Waals surface area (Å²) in [7, 11) is 0. The summed E-state index contributed by atoms with van der Waals surface area (Å²) in [6, 6.07) is 10.5. The first-order valence-corrected chi connectivity index (χ1v) is 11.7. The highest BCUT2D eigenvalue weighted by molar-refractivity contribution is 5.96. The van der Waals surface area contributed by atoms with Crippen LogP contribution >= 0.6 is 0 Å². The molecule has 1 amide bonds. The normalized spacial score (nSPS) is 14.4. The first-order chi connectivity index (χ1) is 17.1. The molecule has 1 aliphatic rings. The zero-order valence-electron chi connectivity index (χ0n) is 19.3. The number of carbonyl (C=O) groups excluding carboxylic acids is 1. The van der Waals surface area contributed by atoms with E-state index in [4.69, 9.17) is 10.1 Å². The first kappa shape index (κ1) is 22.9. The van der Waals surface area contributed by atoms with E-state index in [0.29, 0.717) is 17.8 Å². The molecular formula is C25H27N7O3. The molecule has 180 valence electrons. The molecule has 0 radical (unpaired) electrons. The lowest BCUT2D eigenvalue weighted by molar-refractivity contribution is 0.0374. The lowest BCUT2D eigenvalue weighted by Crippen LogP contribution is -2.39. The molecule has 0 aliphatic carbocycles. The molecule has 35 heavy (non-hydrogen) atoms. The molecule has 5 heterocycles. The fourth-order valence-corrected chi connectivity index (χ4v) is 4.31. The summed E-state index contributed by atoms with van der Waals surface area (Å²) in [6.45, 7) is 4.90. The highest BCUT2D eigenvalue weighted by Gasteiger charge is 2.18. The molecule has 0 unspecified atom stereocenters. The van der Waals surface area contributed by atoms with Crippen LogP contribution in [0.25, 0.3) is 16.7 Å². The molecule has 0 saturated carbocycles. The first-order valence-electron chi connectivity index (χ1n) is 11.7. The highest BCUT2D eigenvalue weighted by atomic mass is 16.5. The molecule has 10 nitrogen and oxygen atoms in total. The SMILES string of the molecule is N=c1c(C(=O)NCCCN2CCOCC2)cc2c(=O)n3ccccc3nc2n1Cc1ccncc1. The van der Waals surface area contributed by atoms with Gasteiger partial charge in [-0.05, 0) is 48.9 Å². The number of hydrogen-bond acceptors (Lipinski definition) is 7. The van der Waals surface area contributed by atoms with Crippen molar-refractivity contribution in [3.8, 4) is 0 Å². The van der Waals surface area contributed by atoms with E-state index in [9.17, 15) is 9.59 Å². The fraction of sp³-hybridized carbons (Fsp3) is 0.320. The second kappa shape index (κ2) is 10.2. The van der Waals surface area contributed by atoms with Crippen molar-refractivity contribution in [2.45, 2.75) is 13.0 Å². The van der Waals surface area contributed by atoms with Crippen LogP contribution in [0.3, 0.4) is 0 Å². The number of ether oxygens (including phenoxy) is 1. The van der Waals surface area contributed by atoms with Gasteiger partial charge in [-0.3, -0.25) is 29.3 Å². The van der Waals surface area contributed by atoms with Crippen LogP contribution in [0.4, 0.5) is 0 Å². The molecule has 0 atom stereocenters. The molecule has 2 N–H and O–H groups in total. The molecule has 10 heteroatoms. The molecule has 4 aromatic rings. The van der Waals surface area contributed by atoms with Gasteiger partial charge >= 0.3 is 0 Å². The Hall–Kier alpha value is -3.89. The molecule has 4 aromatic heterocycles. The Morgan fingerprint density at radius 2 is 1.94 bits per heavy atom. The number of rotatable bonds is 7. The van der Waals surface area contributed by atoms with E-state index in [-0.39, 0.29) is 34.4 Å². The van der Waals surface area contributed by atoms with Crippen molar-refractivity contribution in [1.82, 2.24) is 29.2 Å². The summed E-state index contributed by atoms with van der Waals surface area (Å²) in [5.41, 5.74) is 1.60. The van der Waals surface area contributed by atoms with Crippen molar-refractivity contribution in [3.05, 3.63) is 82.0 Å². The van der Waals surface area contributed by atoms with Gasteiger partial charge in [0.05, 0.1) is 30.7 Å². The number of fused-ring (bicyclic) bond motifs is 2. The summed E-state index contributed by atoms with van der Waals surface area (Å²) in [6.07, 6.45) is 5.78. The predicted molar refractivity (Wildman–Crippen MR) is 130 cm³/mol. The van der Waals surface area contributed by atoms with E-state index in [1.807, 2.05) is 12.1 Å². The quantitative estimate of drug-likeness (QED) is 0.306. The van der Waals surface area contributed by atoms with E-state index >= 15 is 0 Å². The third-order valence-electron chi connectivity index (χ3n) is 6.19. The van der Waals surface area contributed by atoms with Crippen molar-refractivity contribution in [3.63, 3.8) is 0 Å². The van der Waals surface area contributed by atoms with Crippen molar-refractivity contribution in [1.29, 1.82) is 5.41 Å². The van der Waals surface area contributed by atoms with Crippen molar-refractivity contribution in [2.24, 2.45) is 0 Å². The van der Waals surface area contributed by atoms with Crippen LogP contribution < -0.4 is 16.4 Å². The maximum atomic E-state index is 13.3. The predicted octanol–water partition coefficient (Wildman–Crippen LogP) is 1.02. The van der Waals surface area contributed by atoms with Gasteiger partial charge in [0.2, 0.25) is 0 Å². The van der Waals surface area contributed by atoms with E-state index in [0.717, 1.165) is 44.8 Å². The molecule has 1 fully saturated rings. The second-order valence-electron chi connectivity index (χ2n) is 8.49. The van der Waals surface area contributed by atoms with Crippen molar-refractivity contribution < 1.29 is 9.53 Å². The standard InChI is InChI=1S/C25H27N7O3/c26-22-19(24(33)28-7-3-10-30-12-14-35-15-13-30)16-20-23(32(22)17-18-5-8-27-9-6-18)29-21-4-1-2-11-31(21)25(20)34/h1-2,4-6,8-9,11,16,26H,3,7,10,12-15,17H2,(H,28,33). The molecule has 5 rings (SSSR count). The van der Waals surface area contributed by atoms with Gasteiger partial charge in [-0.25, -0.2) is 4.98 Å². The number of amides is 1. The molecule has 1 aliphatic heterocycles. The zero-order valence-corrected chi connectivity index (χ0v) is 19.3. The number of carbonyl (C=O) groups is 1. The van der Waals surface area contributed by atoms with Crippen molar-refractivity contribution in [2.75, 3.05) is 39.4 Å². The van der Waals surface area contributed by atoms with Crippen LogP contribution in [0.5, 0.6) is 0 Å². The largest absolute Gasteiger partial charge is 0.379 e. The van der Waals surface area contributed by atoms with Gasteiger partial charge < -0.3 is 14.6 Å². The minimum Gasteiger partial charge on any atom is -0.379 e. The third kappa shape index (κ3) is 4.84. The number of nitrogens with zero attached hydrogens (tertiary/aromatic N) is 5. The van der Waals surface area contributed by atoms with Crippen LogP contribution in [-0.4, -0.2) is 69.1 Å².